The highest BCUT2D eigenvalue weighted by molar-refractivity contribution is 5.96. The van der Waals surface area contributed by atoms with Gasteiger partial charge in [-0.3, -0.25) is 14.5 Å². The summed E-state index contributed by atoms with van der Waals surface area (Å²) in [5.41, 5.74) is 2.93. The topological polar surface area (TPSA) is 82.9 Å². The van der Waals surface area contributed by atoms with Crippen LogP contribution >= 0.6 is 0 Å². The fraction of sp³-hybridized carbons (Fsp3) is 0.438. The Bertz CT molecular complexity index is 630. The second-order valence-corrected chi connectivity index (χ2v) is 5.88. The minimum absolute atomic E-state index is 0.105. The molecule has 1 aliphatic heterocycles. The lowest BCUT2D eigenvalue weighted by Gasteiger charge is -2.17. The van der Waals surface area contributed by atoms with Crippen LogP contribution in [-0.2, 0) is 9.59 Å². The van der Waals surface area contributed by atoms with Gasteiger partial charge in [-0.1, -0.05) is 12.1 Å². The minimum atomic E-state index is -0.359. The molecule has 0 saturated carbocycles. The van der Waals surface area contributed by atoms with Crippen LogP contribution in [0.5, 0.6) is 0 Å². The molecule has 1 aromatic rings. The van der Waals surface area contributed by atoms with Crippen molar-refractivity contribution in [1.82, 2.24) is 10.2 Å². The number of aryl methyl sites for hydroxylation is 1. The molecular formula is C16H23N4O3+. The molecule has 2 rings (SSSR count). The normalized spacial score (nSPS) is 15.3. The predicted molar refractivity (Wildman–Crippen MR) is 86.3 cm³/mol. The Morgan fingerprint density at radius 1 is 1.30 bits per heavy atom. The molecule has 4 amide bonds. The molecular weight excluding hydrogens is 296 g/mol. The van der Waals surface area contributed by atoms with E-state index < -0.39 is 0 Å². The molecule has 124 valence electrons. The number of anilines is 1. The van der Waals surface area contributed by atoms with Crippen LogP contribution in [-0.4, -0.2) is 56.0 Å². The van der Waals surface area contributed by atoms with E-state index in [1.54, 1.807) is 7.05 Å². The van der Waals surface area contributed by atoms with Crippen molar-refractivity contribution >= 4 is 23.5 Å². The summed E-state index contributed by atoms with van der Waals surface area (Å²) in [5, 5.41) is 5.46. The summed E-state index contributed by atoms with van der Waals surface area (Å²) >= 11 is 0. The molecule has 7 heteroatoms. The number of hydrogen-bond acceptors (Lipinski definition) is 3. The molecule has 3 N–H and O–H groups in total. The van der Waals surface area contributed by atoms with Crippen molar-refractivity contribution in [3.63, 3.8) is 0 Å². The number of benzene rings is 1. The number of rotatable bonds is 5. The Labute approximate surface area is 135 Å². The fourth-order valence-electron chi connectivity index (χ4n) is 2.48. The highest BCUT2D eigenvalue weighted by Crippen LogP contribution is 2.17. The molecule has 1 fully saturated rings. The Morgan fingerprint density at radius 3 is 2.70 bits per heavy atom. The summed E-state index contributed by atoms with van der Waals surface area (Å²) < 4.78 is 0. The van der Waals surface area contributed by atoms with Gasteiger partial charge >= 0.3 is 6.03 Å². The first-order chi connectivity index (χ1) is 10.9. The second kappa shape index (κ2) is 7.23. The van der Waals surface area contributed by atoms with E-state index in [0.29, 0.717) is 13.1 Å². The Morgan fingerprint density at radius 2 is 2.04 bits per heavy atom. The Kier molecular flexibility index (Phi) is 5.33. The third-order valence-corrected chi connectivity index (χ3v) is 3.95. The average molecular weight is 319 g/mol. The average Bonchev–Trinajstić information content (AvgIpc) is 2.90. The highest BCUT2D eigenvalue weighted by atomic mass is 16.2. The summed E-state index contributed by atoms with van der Waals surface area (Å²) in [7, 11) is 1.76. The van der Waals surface area contributed by atoms with Gasteiger partial charge in [0.1, 0.15) is 0 Å². The molecule has 1 saturated heterocycles. The van der Waals surface area contributed by atoms with Crippen LogP contribution < -0.4 is 15.5 Å². The van der Waals surface area contributed by atoms with Gasteiger partial charge in [0.2, 0.25) is 0 Å². The summed E-state index contributed by atoms with van der Waals surface area (Å²) in [5.74, 6) is -0.424. The summed E-state index contributed by atoms with van der Waals surface area (Å²) in [4.78, 5) is 37.5. The van der Waals surface area contributed by atoms with Gasteiger partial charge in [0.15, 0.2) is 13.1 Å². The van der Waals surface area contributed by atoms with Crippen LogP contribution in [0.25, 0.3) is 0 Å². The molecule has 0 aromatic heterocycles. The number of carbonyl (C=O) groups is 3. The highest BCUT2D eigenvalue weighted by Gasteiger charge is 2.28. The number of nitrogens with zero attached hydrogens (tertiary/aromatic N) is 1. The first-order valence-electron chi connectivity index (χ1n) is 7.64. The molecule has 0 aliphatic carbocycles. The summed E-state index contributed by atoms with van der Waals surface area (Å²) in [6, 6.07) is 5.38. The first-order valence-corrected chi connectivity index (χ1v) is 7.64. The third-order valence-electron chi connectivity index (χ3n) is 3.95. The SMILES string of the molecule is Cc1cccc(NC(=O)C[NH+](C)CC(=O)N2CCNC2=O)c1C. The fourth-order valence-corrected chi connectivity index (χ4v) is 2.48. The lowest BCUT2D eigenvalue weighted by molar-refractivity contribution is -0.862. The van der Waals surface area contributed by atoms with Gasteiger partial charge in [0.25, 0.3) is 11.8 Å². The van der Waals surface area contributed by atoms with E-state index in [4.69, 9.17) is 0 Å². The first kappa shape index (κ1) is 17.0. The lowest BCUT2D eigenvalue weighted by Crippen LogP contribution is -3.11. The van der Waals surface area contributed by atoms with Gasteiger partial charge < -0.3 is 15.5 Å². The monoisotopic (exact) mass is 319 g/mol. The van der Waals surface area contributed by atoms with Crippen molar-refractivity contribution in [2.24, 2.45) is 0 Å². The van der Waals surface area contributed by atoms with E-state index in [1.165, 1.54) is 4.90 Å². The molecule has 23 heavy (non-hydrogen) atoms. The van der Waals surface area contributed by atoms with Crippen LogP contribution in [0.2, 0.25) is 0 Å². The maximum absolute atomic E-state index is 12.1. The van der Waals surface area contributed by atoms with Crippen LogP contribution in [0.1, 0.15) is 11.1 Å². The van der Waals surface area contributed by atoms with Gasteiger partial charge in [-0.2, -0.15) is 0 Å². The van der Waals surface area contributed by atoms with Crippen molar-refractivity contribution in [1.29, 1.82) is 0 Å². The smallest absolute Gasteiger partial charge is 0.324 e. The minimum Gasteiger partial charge on any atom is -0.336 e. The van der Waals surface area contributed by atoms with Crippen molar-refractivity contribution in [2.45, 2.75) is 13.8 Å². The van der Waals surface area contributed by atoms with E-state index >= 15 is 0 Å². The molecule has 1 aliphatic rings. The zero-order valence-electron chi connectivity index (χ0n) is 13.7. The maximum atomic E-state index is 12.1. The van der Waals surface area contributed by atoms with E-state index in [2.05, 4.69) is 10.6 Å². The number of carbonyl (C=O) groups excluding carboxylic acids is 3. The van der Waals surface area contributed by atoms with Crippen molar-refractivity contribution in [3.8, 4) is 0 Å². The van der Waals surface area contributed by atoms with Crippen LogP contribution in [0.15, 0.2) is 18.2 Å². The maximum Gasteiger partial charge on any atom is 0.324 e. The Balaban J connectivity index is 1.86. The van der Waals surface area contributed by atoms with E-state index in [1.807, 2.05) is 32.0 Å². The lowest BCUT2D eigenvalue weighted by atomic mass is 10.1. The zero-order chi connectivity index (χ0) is 17.0. The Hall–Kier alpha value is -2.41. The quantitative estimate of drug-likeness (QED) is 0.672. The molecule has 0 bridgehead atoms. The van der Waals surface area contributed by atoms with Crippen LogP contribution in [0.3, 0.4) is 0 Å². The summed E-state index contributed by atoms with van der Waals surface area (Å²) in [6.45, 7) is 5.08. The number of nitrogens with one attached hydrogen (secondary N) is 3. The predicted octanol–water partition coefficient (Wildman–Crippen LogP) is -0.692. The van der Waals surface area contributed by atoms with E-state index in [9.17, 15) is 14.4 Å². The standard InChI is InChI=1S/C16H22N4O3/c1-11-5-4-6-13(12(11)2)18-14(21)9-19(3)10-15(22)20-8-7-17-16(20)23/h4-6H,7-10H2,1-3H3,(H,17,23)(H,18,21)/p+1. The van der Waals surface area contributed by atoms with Crippen molar-refractivity contribution < 1.29 is 19.3 Å². The number of urea groups is 1. The largest absolute Gasteiger partial charge is 0.336 e. The summed E-state index contributed by atoms with van der Waals surface area (Å²) in [6.07, 6.45) is 0. The van der Waals surface area contributed by atoms with Gasteiger partial charge in [0.05, 0.1) is 7.05 Å². The number of imide groups is 1. The molecule has 0 spiro atoms. The van der Waals surface area contributed by atoms with Gasteiger partial charge in [-0.05, 0) is 31.0 Å². The third kappa shape index (κ3) is 4.29. The van der Waals surface area contributed by atoms with Crippen LogP contribution in [0, 0.1) is 13.8 Å². The van der Waals surface area contributed by atoms with E-state index in [0.717, 1.165) is 21.7 Å². The zero-order valence-corrected chi connectivity index (χ0v) is 13.7. The molecule has 1 aromatic carbocycles. The van der Waals surface area contributed by atoms with Crippen LogP contribution in [0.4, 0.5) is 10.5 Å². The second-order valence-electron chi connectivity index (χ2n) is 5.88. The molecule has 7 nitrogen and oxygen atoms in total. The van der Waals surface area contributed by atoms with Crippen molar-refractivity contribution in [2.75, 3.05) is 38.5 Å². The molecule has 0 radical (unpaired) electrons. The molecule has 1 atom stereocenters. The molecule has 1 unspecified atom stereocenters. The number of amides is 4. The van der Waals surface area contributed by atoms with Gasteiger partial charge in [-0.25, -0.2) is 4.79 Å². The number of likely N-dealkylation sites (N-methyl/N-ethyl adjacent to an activating group) is 1. The number of hydrogen-bond donors (Lipinski definition) is 3. The van der Waals surface area contributed by atoms with Crippen molar-refractivity contribution in [3.05, 3.63) is 29.3 Å². The molecule has 1 heterocycles. The number of quaternary nitrogens is 1. The van der Waals surface area contributed by atoms with Gasteiger partial charge in [-0.15, -0.1) is 0 Å². The van der Waals surface area contributed by atoms with E-state index in [-0.39, 0.29) is 30.9 Å². The van der Waals surface area contributed by atoms with Gasteiger partial charge in [0, 0.05) is 18.8 Å².